The number of β-amino-alcohol motifs (C(OH)–C–C–N with tert-alkyl or cyclic N) is 1. The quantitative estimate of drug-likeness (QED) is 0.345. The predicted molar refractivity (Wildman–Crippen MR) is 72.2 cm³/mol. The molecular weight excluding hydrogens is 266 g/mol. The van der Waals surface area contributed by atoms with Crippen LogP contribution in [0, 0.1) is 10.1 Å². The van der Waals surface area contributed by atoms with Gasteiger partial charge >= 0.3 is 5.69 Å². The Hall–Kier alpha value is -2.04. The number of aliphatic hydroxyl groups is 1. The summed E-state index contributed by atoms with van der Waals surface area (Å²) in [6.45, 7) is 3.34. The van der Waals surface area contributed by atoms with Gasteiger partial charge in [-0.05, 0) is 0 Å². The molecule has 10 nitrogen and oxygen atoms in total. The summed E-state index contributed by atoms with van der Waals surface area (Å²) in [7, 11) is 0. The summed E-state index contributed by atoms with van der Waals surface area (Å²) in [6.07, 6.45) is 1.15. The molecule has 110 valence electrons. The van der Waals surface area contributed by atoms with Crippen molar-refractivity contribution in [3.05, 3.63) is 16.3 Å². The van der Waals surface area contributed by atoms with Gasteiger partial charge in [0.15, 0.2) is 0 Å². The van der Waals surface area contributed by atoms with Gasteiger partial charge in [-0.15, -0.1) is 0 Å². The maximum atomic E-state index is 11.0. The van der Waals surface area contributed by atoms with Crippen molar-refractivity contribution in [2.45, 2.75) is 0 Å². The molecule has 0 saturated carbocycles. The zero-order valence-electron chi connectivity index (χ0n) is 10.9. The van der Waals surface area contributed by atoms with Crippen LogP contribution >= 0.6 is 0 Å². The van der Waals surface area contributed by atoms with E-state index in [2.05, 4.69) is 20.3 Å². The van der Waals surface area contributed by atoms with Crippen molar-refractivity contribution in [3.8, 4) is 0 Å². The molecule has 1 aliphatic rings. The lowest BCUT2D eigenvalue weighted by atomic mass is 10.3. The number of nitrogens with two attached hydrogens (primary N) is 1. The normalized spacial score (nSPS) is 16.2. The van der Waals surface area contributed by atoms with E-state index >= 15 is 0 Å². The number of nitro groups is 1. The monoisotopic (exact) mass is 283 g/mol. The van der Waals surface area contributed by atoms with Crippen molar-refractivity contribution in [1.29, 1.82) is 0 Å². The number of aliphatic hydroxyl groups excluding tert-OH is 1. The summed E-state index contributed by atoms with van der Waals surface area (Å²) >= 11 is 0. The lowest BCUT2D eigenvalue weighted by molar-refractivity contribution is -0.384. The number of hydrogen-bond donors (Lipinski definition) is 3. The lowest BCUT2D eigenvalue weighted by Crippen LogP contribution is -2.47. The second-order valence-electron chi connectivity index (χ2n) is 4.36. The second kappa shape index (κ2) is 6.41. The molecule has 1 aromatic rings. The van der Waals surface area contributed by atoms with Crippen LogP contribution in [0.25, 0.3) is 0 Å². The minimum atomic E-state index is -0.504. The average Bonchev–Trinajstić information content (AvgIpc) is 2.47. The molecule has 1 aliphatic heterocycles. The maximum absolute atomic E-state index is 11.0. The van der Waals surface area contributed by atoms with Crippen molar-refractivity contribution < 1.29 is 10.0 Å². The molecule has 0 aliphatic carbocycles. The van der Waals surface area contributed by atoms with Crippen LogP contribution in [0.5, 0.6) is 0 Å². The van der Waals surface area contributed by atoms with Crippen LogP contribution in [0.1, 0.15) is 0 Å². The Morgan fingerprint density at radius 3 is 2.70 bits per heavy atom. The number of piperazine rings is 1. The van der Waals surface area contributed by atoms with Crippen LogP contribution in [0.2, 0.25) is 0 Å². The summed E-state index contributed by atoms with van der Waals surface area (Å²) in [5.41, 5.74) is 2.15. The first-order chi connectivity index (χ1) is 9.65. The molecule has 10 heteroatoms. The Morgan fingerprint density at radius 1 is 1.45 bits per heavy atom. The Balaban J connectivity index is 2.17. The van der Waals surface area contributed by atoms with Crippen molar-refractivity contribution in [2.75, 3.05) is 49.7 Å². The number of rotatable bonds is 5. The molecule has 0 bridgehead atoms. The Morgan fingerprint density at radius 2 is 2.15 bits per heavy atom. The molecule has 0 amide bonds. The highest BCUT2D eigenvalue weighted by atomic mass is 16.6. The highest BCUT2D eigenvalue weighted by molar-refractivity contribution is 5.59. The molecule has 20 heavy (non-hydrogen) atoms. The molecule has 1 saturated heterocycles. The maximum Gasteiger partial charge on any atom is 0.329 e. The summed E-state index contributed by atoms with van der Waals surface area (Å²) in [4.78, 5) is 22.3. The molecule has 2 heterocycles. The minimum absolute atomic E-state index is 0.106. The number of nitrogens with zero attached hydrogens (tertiary/aromatic N) is 5. The zero-order valence-corrected chi connectivity index (χ0v) is 10.9. The fourth-order valence-corrected chi connectivity index (χ4v) is 2.12. The standard InChI is InChI=1S/C10H17N7O3/c11-14-10-12-7-8(17(19)20)9(13-10)16-3-1-15(2-4-16)5-6-18/h7,18H,1-6,11H2,(H,12,13,14). The number of hydrogen-bond acceptors (Lipinski definition) is 9. The van der Waals surface area contributed by atoms with E-state index < -0.39 is 4.92 Å². The van der Waals surface area contributed by atoms with Crippen molar-refractivity contribution >= 4 is 17.5 Å². The highest BCUT2D eigenvalue weighted by Crippen LogP contribution is 2.26. The second-order valence-corrected chi connectivity index (χ2v) is 4.36. The molecular formula is C10H17N7O3. The molecule has 2 rings (SSSR count). The van der Waals surface area contributed by atoms with E-state index in [1.807, 2.05) is 4.90 Å². The Labute approximate surface area is 115 Å². The first-order valence-electron chi connectivity index (χ1n) is 6.22. The van der Waals surface area contributed by atoms with Gasteiger partial charge in [-0.25, -0.2) is 10.8 Å². The average molecular weight is 283 g/mol. The van der Waals surface area contributed by atoms with E-state index in [9.17, 15) is 10.1 Å². The van der Waals surface area contributed by atoms with Gasteiger partial charge in [-0.1, -0.05) is 0 Å². The number of anilines is 2. The van der Waals surface area contributed by atoms with E-state index in [0.29, 0.717) is 32.7 Å². The number of hydrazine groups is 1. The van der Waals surface area contributed by atoms with Crippen LogP contribution < -0.4 is 16.2 Å². The molecule has 1 aromatic heterocycles. The third-order valence-electron chi connectivity index (χ3n) is 3.16. The first kappa shape index (κ1) is 14.4. The third-order valence-corrected chi connectivity index (χ3v) is 3.16. The SMILES string of the molecule is NNc1ncc([N+](=O)[O-])c(N2CCN(CCO)CC2)n1. The fraction of sp³-hybridized carbons (Fsp3) is 0.600. The Bertz CT molecular complexity index is 476. The van der Waals surface area contributed by atoms with Crippen LogP contribution in [-0.4, -0.2) is 64.2 Å². The highest BCUT2D eigenvalue weighted by Gasteiger charge is 2.26. The molecule has 0 unspecified atom stereocenters. The van der Waals surface area contributed by atoms with Crippen molar-refractivity contribution in [2.24, 2.45) is 5.84 Å². The van der Waals surface area contributed by atoms with Crippen molar-refractivity contribution in [1.82, 2.24) is 14.9 Å². The minimum Gasteiger partial charge on any atom is -0.395 e. The first-order valence-corrected chi connectivity index (χ1v) is 6.22. The molecule has 0 radical (unpaired) electrons. The molecule has 1 fully saturated rings. The number of aromatic nitrogens is 2. The summed E-state index contributed by atoms with van der Waals surface area (Å²) in [5.74, 6) is 5.64. The van der Waals surface area contributed by atoms with E-state index in [1.54, 1.807) is 0 Å². The summed E-state index contributed by atoms with van der Waals surface area (Å²) in [5, 5.41) is 19.9. The fourth-order valence-electron chi connectivity index (χ4n) is 2.12. The molecule has 4 N–H and O–H groups in total. The van der Waals surface area contributed by atoms with Gasteiger partial charge in [-0.2, -0.15) is 4.98 Å². The lowest BCUT2D eigenvalue weighted by Gasteiger charge is -2.34. The summed E-state index contributed by atoms with van der Waals surface area (Å²) in [6, 6.07) is 0. The topological polar surface area (TPSA) is 134 Å². The van der Waals surface area contributed by atoms with Gasteiger partial charge < -0.3 is 10.0 Å². The van der Waals surface area contributed by atoms with Crippen LogP contribution in [0.4, 0.5) is 17.5 Å². The zero-order chi connectivity index (χ0) is 14.5. The van der Waals surface area contributed by atoms with Gasteiger partial charge in [0.1, 0.15) is 6.20 Å². The predicted octanol–water partition coefficient (Wildman–Crippen LogP) is -1.22. The van der Waals surface area contributed by atoms with Crippen LogP contribution in [-0.2, 0) is 0 Å². The van der Waals surface area contributed by atoms with E-state index in [0.717, 1.165) is 6.20 Å². The molecule has 0 aromatic carbocycles. The number of nitrogens with one attached hydrogen (secondary N) is 1. The van der Waals surface area contributed by atoms with Gasteiger partial charge in [0.25, 0.3) is 0 Å². The summed E-state index contributed by atoms with van der Waals surface area (Å²) < 4.78 is 0. The van der Waals surface area contributed by atoms with Gasteiger partial charge in [-0.3, -0.25) is 20.4 Å². The largest absolute Gasteiger partial charge is 0.395 e. The van der Waals surface area contributed by atoms with E-state index in [4.69, 9.17) is 10.9 Å². The van der Waals surface area contributed by atoms with E-state index in [1.165, 1.54) is 0 Å². The number of nitrogen functional groups attached to an aromatic ring is 1. The van der Waals surface area contributed by atoms with Gasteiger partial charge in [0.2, 0.25) is 11.8 Å². The van der Waals surface area contributed by atoms with Crippen LogP contribution in [0.3, 0.4) is 0 Å². The smallest absolute Gasteiger partial charge is 0.329 e. The van der Waals surface area contributed by atoms with Crippen LogP contribution in [0.15, 0.2) is 6.20 Å². The van der Waals surface area contributed by atoms with Gasteiger partial charge in [0, 0.05) is 32.7 Å². The molecule has 0 spiro atoms. The molecule has 0 atom stereocenters. The van der Waals surface area contributed by atoms with E-state index in [-0.39, 0.29) is 24.1 Å². The van der Waals surface area contributed by atoms with Crippen molar-refractivity contribution in [3.63, 3.8) is 0 Å². The Kier molecular flexibility index (Phi) is 4.61. The third kappa shape index (κ3) is 3.10. The van der Waals surface area contributed by atoms with Gasteiger partial charge in [0.05, 0.1) is 11.5 Å².